The van der Waals surface area contributed by atoms with Crippen LogP contribution in [0.1, 0.15) is 43.7 Å². The van der Waals surface area contributed by atoms with Gasteiger partial charge in [0.05, 0.1) is 0 Å². The number of carbonyl (C=O) groups is 1. The molecule has 2 unspecified atom stereocenters. The van der Waals surface area contributed by atoms with E-state index in [4.69, 9.17) is 0 Å². The monoisotopic (exact) mass is 362 g/mol. The number of likely N-dealkylation sites (tertiary alicyclic amines) is 1. The molecule has 5 nitrogen and oxygen atoms in total. The molecule has 1 aliphatic rings. The van der Waals surface area contributed by atoms with Gasteiger partial charge in [-0.2, -0.15) is 0 Å². The summed E-state index contributed by atoms with van der Waals surface area (Å²) < 4.78 is 13.0. The third kappa shape index (κ3) is 4.54. The molecule has 2 heterocycles. The maximum absolute atomic E-state index is 13.0. The summed E-state index contributed by atoms with van der Waals surface area (Å²) in [6.07, 6.45) is 3.93. The van der Waals surface area contributed by atoms with Crippen molar-refractivity contribution < 1.29 is 9.18 Å². The van der Waals surface area contributed by atoms with Gasteiger partial charge in [-0.3, -0.25) is 4.79 Å². The SMILES string of the molecule is CC(Nc1nnc(Cc2ccc(F)cc2)s1)C(=O)N1CCCCC1C. The Labute approximate surface area is 151 Å². The maximum atomic E-state index is 13.0. The topological polar surface area (TPSA) is 58.1 Å². The quantitative estimate of drug-likeness (QED) is 0.885. The van der Waals surface area contributed by atoms with Crippen molar-refractivity contribution in [3.63, 3.8) is 0 Å². The van der Waals surface area contributed by atoms with Gasteiger partial charge in [0.15, 0.2) is 0 Å². The second kappa shape index (κ2) is 7.91. The molecular weight excluding hydrogens is 339 g/mol. The number of hydrogen-bond donors (Lipinski definition) is 1. The zero-order valence-corrected chi connectivity index (χ0v) is 15.4. The minimum absolute atomic E-state index is 0.113. The molecule has 2 atom stereocenters. The highest BCUT2D eigenvalue weighted by atomic mass is 32.1. The predicted molar refractivity (Wildman–Crippen MR) is 97.2 cm³/mol. The maximum Gasteiger partial charge on any atom is 0.245 e. The van der Waals surface area contributed by atoms with Crippen molar-refractivity contribution in [1.29, 1.82) is 0 Å². The number of rotatable bonds is 5. The van der Waals surface area contributed by atoms with E-state index in [-0.39, 0.29) is 17.8 Å². The fraction of sp³-hybridized carbons (Fsp3) is 0.500. The number of carbonyl (C=O) groups excluding carboxylic acids is 1. The predicted octanol–water partition coefficient (Wildman–Crippen LogP) is 3.47. The molecule has 2 aromatic rings. The van der Waals surface area contributed by atoms with Crippen molar-refractivity contribution in [3.8, 4) is 0 Å². The van der Waals surface area contributed by atoms with Crippen LogP contribution in [0.25, 0.3) is 0 Å². The number of anilines is 1. The lowest BCUT2D eigenvalue weighted by molar-refractivity contribution is -0.134. The van der Waals surface area contributed by atoms with E-state index in [1.807, 2.05) is 11.8 Å². The standard InChI is InChI=1S/C18H23FN4OS/c1-12-5-3-4-10-23(12)17(24)13(2)20-18-22-21-16(25-18)11-14-6-8-15(19)9-7-14/h6-9,12-13H,3-5,10-11H2,1-2H3,(H,20,22). The van der Waals surface area contributed by atoms with Crippen molar-refractivity contribution in [1.82, 2.24) is 15.1 Å². The zero-order chi connectivity index (χ0) is 17.8. The molecule has 134 valence electrons. The molecule has 25 heavy (non-hydrogen) atoms. The van der Waals surface area contributed by atoms with Crippen molar-refractivity contribution in [2.24, 2.45) is 0 Å². The second-order valence-electron chi connectivity index (χ2n) is 6.55. The molecule has 1 saturated heterocycles. The van der Waals surface area contributed by atoms with E-state index >= 15 is 0 Å². The van der Waals surface area contributed by atoms with Crippen LogP contribution in [-0.4, -0.2) is 39.6 Å². The Bertz CT molecular complexity index is 718. The van der Waals surface area contributed by atoms with Crippen molar-refractivity contribution in [3.05, 3.63) is 40.7 Å². The fourth-order valence-electron chi connectivity index (χ4n) is 3.08. The highest BCUT2D eigenvalue weighted by molar-refractivity contribution is 7.15. The van der Waals surface area contributed by atoms with Gasteiger partial charge in [0, 0.05) is 19.0 Å². The number of benzene rings is 1. The molecule has 1 N–H and O–H groups in total. The van der Waals surface area contributed by atoms with Gasteiger partial charge in [0.2, 0.25) is 11.0 Å². The van der Waals surface area contributed by atoms with E-state index in [1.54, 1.807) is 12.1 Å². The number of nitrogens with zero attached hydrogens (tertiary/aromatic N) is 3. The van der Waals surface area contributed by atoms with E-state index in [0.29, 0.717) is 17.6 Å². The summed E-state index contributed by atoms with van der Waals surface area (Å²) in [5, 5.41) is 12.9. The average molecular weight is 362 g/mol. The van der Waals surface area contributed by atoms with Gasteiger partial charge in [0.25, 0.3) is 0 Å². The van der Waals surface area contributed by atoms with E-state index in [9.17, 15) is 9.18 Å². The summed E-state index contributed by atoms with van der Waals surface area (Å²) in [6.45, 7) is 4.80. The highest BCUT2D eigenvalue weighted by Crippen LogP contribution is 2.21. The van der Waals surface area contributed by atoms with E-state index in [2.05, 4.69) is 22.4 Å². The van der Waals surface area contributed by atoms with Gasteiger partial charge in [0.1, 0.15) is 16.9 Å². The molecule has 0 radical (unpaired) electrons. The lowest BCUT2D eigenvalue weighted by Crippen LogP contribution is -2.48. The van der Waals surface area contributed by atoms with Crippen LogP contribution in [0.5, 0.6) is 0 Å². The first-order valence-electron chi connectivity index (χ1n) is 8.67. The van der Waals surface area contributed by atoms with Crippen LogP contribution in [0.2, 0.25) is 0 Å². The minimum Gasteiger partial charge on any atom is -0.349 e. The Morgan fingerprint density at radius 1 is 1.36 bits per heavy atom. The number of amides is 1. The molecule has 1 fully saturated rings. The van der Waals surface area contributed by atoms with Crippen LogP contribution in [0.4, 0.5) is 9.52 Å². The Balaban J connectivity index is 1.58. The average Bonchev–Trinajstić information content (AvgIpc) is 3.03. The zero-order valence-electron chi connectivity index (χ0n) is 14.5. The number of aromatic nitrogens is 2. The summed E-state index contributed by atoms with van der Waals surface area (Å²) in [6, 6.07) is 6.34. The van der Waals surface area contributed by atoms with Gasteiger partial charge in [-0.05, 0) is 50.8 Å². The minimum atomic E-state index is -0.327. The van der Waals surface area contributed by atoms with Crippen LogP contribution < -0.4 is 5.32 Å². The fourth-order valence-corrected chi connectivity index (χ4v) is 3.94. The molecule has 1 aromatic carbocycles. The summed E-state index contributed by atoms with van der Waals surface area (Å²) in [5.41, 5.74) is 0.982. The smallest absolute Gasteiger partial charge is 0.245 e. The molecule has 1 amide bonds. The van der Waals surface area contributed by atoms with Crippen molar-refractivity contribution >= 4 is 22.4 Å². The van der Waals surface area contributed by atoms with Crippen LogP contribution in [-0.2, 0) is 11.2 Å². The third-order valence-electron chi connectivity index (χ3n) is 4.53. The Morgan fingerprint density at radius 3 is 2.84 bits per heavy atom. The van der Waals surface area contributed by atoms with Crippen LogP contribution in [0.3, 0.4) is 0 Å². The third-order valence-corrected chi connectivity index (χ3v) is 5.39. The van der Waals surface area contributed by atoms with Crippen LogP contribution in [0, 0.1) is 5.82 Å². The lowest BCUT2D eigenvalue weighted by Gasteiger charge is -2.35. The van der Waals surface area contributed by atoms with Gasteiger partial charge in [-0.15, -0.1) is 10.2 Å². The van der Waals surface area contributed by atoms with E-state index < -0.39 is 0 Å². The highest BCUT2D eigenvalue weighted by Gasteiger charge is 2.27. The van der Waals surface area contributed by atoms with Gasteiger partial charge in [-0.25, -0.2) is 4.39 Å². The number of hydrogen-bond acceptors (Lipinski definition) is 5. The summed E-state index contributed by atoms with van der Waals surface area (Å²) in [4.78, 5) is 14.6. The first-order valence-corrected chi connectivity index (χ1v) is 9.48. The Kier molecular flexibility index (Phi) is 5.63. The van der Waals surface area contributed by atoms with Crippen LogP contribution in [0.15, 0.2) is 24.3 Å². The molecule has 0 saturated carbocycles. The second-order valence-corrected chi connectivity index (χ2v) is 7.61. The first-order chi connectivity index (χ1) is 12.0. The van der Waals surface area contributed by atoms with Gasteiger partial charge in [-0.1, -0.05) is 23.5 Å². The lowest BCUT2D eigenvalue weighted by atomic mass is 10.0. The normalized spacial score (nSPS) is 18.8. The number of halogens is 1. The Morgan fingerprint density at radius 2 is 2.12 bits per heavy atom. The molecule has 0 spiro atoms. The molecule has 0 aliphatic carbocycles. The largest absolute Gasteiger partial charge is 0.349 e. The summed E-state index contributed by atoms with van der Waals surface area (Å²) in [7, 11) is 0. The Hall–Kier alpha value is -2.02. The summed E-state index contributed by atoms with van der Waals surface area (Å²) in [5.74, 6) is -0.134. The molecule has 1 aliphatic heterocycles. The first kappa shape index (κ1) is 17.8. The van der Waals surface area contributed by atoms with E-state index in [0.717, 1.165) is 30.0 Å². The molecule has 0 bridgehead atoms. The van der Waals surface area contributed by atoms with Crippen LogP contribution >= 0.6 is 11.3 Å². The summed E-state index contributed by atoms with van der Waals surface area (Å²) >= 11 is 1.43. The van der Waals surface area contributed by atoms with Crippen molar-refractivity contribution in [2.75, 3.05) is 11.9 Å². The van der Waals surface area contributed by atoms with E-state index in [1.165, 1.54) is 29.9 Å². The van der Waals surface area contributed by atoms with Gasteiger partial charge < -0.3 is 10.2 Å². The van der Waals surface area contributed by atoms with Gasteiger partial charge >= 0.3 is 0 Å². The molecular formula is C18H23FN4OS. The number of piperidine rings is 1. The molecule has 1 aromatic heterocycles. The molecule has 7 heteroatoms. The van der Waals surface area contributed by atoms with Crippen molar-refractivity contribution in [2.45, 2.75) is 51.6 Å². The number of nitrogens with one attached hydrogen (secondary N) is 1. The molecule has 3 rings (SSSR count).